The predicted octanol–water partition coefficient (Wildman–Crippen LogP) is 3.33. The minimum absolute atomic E-state index is 0.0310. The average Bonchev–Trinajstić information content (AvgIpc) is 2.80. The van der Waals surface area contributed by atoms with Gasteiger partial charge in [0.15, 0.2) is 11.5 Å². The fraction of sp³-hybridized carbons (Fsp3) is 0.0833. The average molecular weight is 498 g/mol. The molecule has 4 rings (SSSR count). The number of primary sulfonamides is 1. The van der Waals surface area contributed by atoms with Gasteiger partial charge in [0, 0.05) is 17.1 Å². The second kappa shape index (κ2) is 9.68. The van der Waals surface area contributed by atoms with Crippen LogP contribution in [0.4, 0.5) is 5.69 Å². The first-order valence-electron chi connectivity index (χ1n) is 10.2. The number of carbonyl (C=O) groups is 2. The molecule has 4 N–H and O–H groups in total. The minimum atomic E-state index is -3.74. The summed E-state index contributed by atoms with van der Waals surface area (Å²) in [4.78, 5) is 25.1. The van der Waals surface area contributed by atoms with Crippen LogP contribution in [-0.4, -0.2) is 26.8 Å². The molecule has 3 aromatic carbocycles. The van der Waals surface area contributed by atoms with Crippen molar-refractivity contribution in [3.05, 3.63) is 94.2 Å². The highest BCUT2D eigenvalue weighted by Gasteiger charge is 2.23. The fourth-order valence-electron chi connectivity index (χ4n) is 3.30. The van der Waals surface area contributed by atoms with Gasteiger partial charge in [-0.25, -0.2) is 13.6 Å². The van der Waals surface area contributed by atoms with E-state index < -0.39 is 15.9 Å². The monoisotopic (exact) mass is 497 g/mol. The number of halogens is 1. The molecular weight excluding hydrogens is 478 g/mol. The maximum absolute atomic E-state index is 12.5. The van der Waals surface area contributed by atoms with Gasteiger partial charge < -0.3 is 15.4 Å². The molecule has 0 bridgehead atoms. The third kappa shape index (κ3) is 5.45. The van der Waals surface area contributed by atoms with Crippen LogP contribution in [-0.2, 0) is 21.2 Å². The summed E-state index contributed by atoms with van der Waals surface area (Å²) in [6.07, 6.45) is 2.05. The van der Waals surface area contributed by atoms with Crippen molar-refractivity contribution in [1.82, 2.24) is 5.32 Å². The Labute approximate surface area is 201 Å². The van der Waals surface area contributed by atoms with E-state index in [2.05, 4.69) is 10.6 Å². The summed E-state index contributed by atoms with van der Waals surface area (Å²) >= 11 is 6.15. The van der Waals surface area contributed by atoms with Gasteiger partial charge in [0.05, 0.1) is 10.6 Å². The third-order valence-electron chi connectivity index (χ3n) is 5.08. The number of benzene rings is 3. The molecule has 10 heteroatoms. The van der Waals surface area contributed by atoms with Gasteiger partial charge in [0.25, 0.3) is 11.8 Å². The Morgan fingerprint density at radius 2 is 1.82 bits per heavy atom. The van der Waals surface area contributed by atoms with Gasteiger partial charge in [0.2, 0.25) is 10.0 Å². The highest BCUT2D eigenvalue weighted by molar-refractivity contribution is 7.89. The molecule has 8 nitrogen and oxygen atoms in total. The number of ether oxygens (including phenoxy) is 1. The van der Waals surface area contributed by atoms with E-state index in [0.717, 1.165) is 5.56 Å². The molecule has 2 amide bonds. The van der Waals surface area contributed by atoms with Gasteiger partial charge in [-0.15, -0.1) is 0 Å². The molecule has 34 heavy (non-hydrogen) atoms. The van der Waals surface area contributed by atoms with Crippen LogP contribution in [0, 0.1) is 0 Å². The first kappa shape index (κ1) is 23.5. The number of amides is 2. The first-order valence-corrected chi connectivity index (χ1v) is 12.1. The Balaban J connectivity index is 1.39. The Bertz CT molecular complexity index is 1400. The normalized spacial score (nSPS) is 14.2. The molecule has 3 aromatic rings. The second-order valence-electron chi connectivity index (χ2n) is 7.49. The molecule has 0 aromatic heterocycles. The first-order chi connectivity index (χ1) is 16.2. The van der Waals surface area contributed by atoms with Crippen LogP contribution in [0.15, 0.2) is 77.4 Å². The van der Waals surface area contributed by atoms with E-state index in [4.69, 9.17) is 21.5 Å². The Kier molecular flexibility index (Phi) is 6.69. The molecule has 0 saturated heterocycles. The zero-order chi connectivity index (χ0) is 24.3. The fourth-order valence-corrected chi connectivity index (χ4v) is 4.01. The van der Waals surface area contributed by atoms with Crippen LogP contribution in [0.25, 0.3) is 6.08 Å². The van der Waals surface area contributed by atoms with Crippen molar-refractivity contribution in [2.24, 2.45) is 5.14 Å². The van der Waals surface area contributed by atoms with Gasteiger partial charge in [-0.05, 0) is 60.0 Å². The van der Waals surface area contributed by atoms with E-state index in [1.807, 2.05) is 0 Å². The van der Waals surface area contributed by atoms with Crippen molar-refractivity contribution in [2.45, 2.75) is 11.3 Å². The molecule has 174 valence electrons. The van der Waals surface area contributed by atoms with Gasteiger partial charge in [-0.2, -0.15) is 0 Å². The van der Waals surface area contributed by atoms with Crippen molar-refractivity contribution in [3.63, 3.8) is 0 Å². The standard InChI is InChI=1S/C24H20ClN3O5S/c25-19-4-2-1-3-16(19)14-22-24(30)28-20-13-17(7-10-21(20)33-22)23(29)27-12-11-15-5-8-18(9-6-15)34(26,31)32/h1-10,13-14H,11-12H2,(H,27,29)(H,28,30)(H2,26,31,32). The van der Waals surface area contributed by atoms with E-state index >= 15 is 0 Å². The molecule has 1 aliphatic rings. The largest absolute Gasteiger partial charge is 0.449 e. The summed E-state index contributed by atoms with van der Waals surface area (Å²) in [5.74, 6) is -0.279. The van der Waals surface area contributed by atoms with E-state index in [1.165, 1.54) is 18.2 Å². The van der Waals surface area contributed by atoms with Crippen molar-refractivity contribution in [1.29, 1.82) is 0 Å². The molecule has 0 radical (unpaired) electrons. The van der Waals surface area contributed by atoms with Gasteiger partial charge in [-0.3, -0.25) is 9.59 Å². The number of anilines is 1. The van der Waals surface area contributed by atoms with Crippen LogP contribution < -0.4 is 20.5 Å². The highest BCUT2D eigenvalue weighted by atomic mass is 35.5. The van der Waals surface area contributed by atoms with Crippen molar-refractivity contribution < 1.29 is 22.7 Å². The summed E-state index contributed by atoms with van der Waals surface area (Å²) < 4.78 is 28.4. The Morgan fingerprint density at radius 3 is 2.53 bits per heavy atom. The van der Waals surface area contributed by atoms with E-state index in [1.54, 1.807) is 54.6 Å². The van der Waals surface area contributed by atoms with E-state index in [0.29, 0.717) is 40.6 Å². The molecule has 0 unspecified atom stereocenters. The van der Waals surface area contributed by atoms with Crippen LogP contribution in [0.1, 0.15) is 21.5 Å². The van der Waals surface area contributed by atoms with Gasteiger partial charge in [-0.1, -0.05) is 41.9 Å². The summed E-state index contributed by atoms with van der Waals surface area (Å²) in [7, 11) is -3.74. The molecular formula is C24H20ClN3O5S. The third-order valence-corrected chi connectivity index (χ3v) is 6.35. The van der Waals surface area contributed by atoms with Gasteiger partial charge in [0.1, 0.15) is 0 Å². The quantitative estimate of drug-likeness (QED) is 0.450. The number of fused-ring (bicyclic) bond motifs is 1. The lowest BCUT2D eigenvalue weighted by Crippen LogP contribution is -2.27. The number of nitrogens with two attached hydrogens (primary N) is 1. The topological polar surface area (TPSA) is 128 Å². The zero-order valence-electron chi connectivity index (χ0n) is 17.7. The predicted molar refractivity (Wildman–Crippen MR) is 129 cm³/mol. The smallest absolute Gasteiger partial charge is 0.291 e. The maximum atomic E-state index is 12.5. The number of nitrogens with one attached hydrogen (secondary N) is 2. The summed E-state index contributed by atoms with van der Waals surface area (Å²) in [5.41, 5.74) is 2.22. The van der Waals surface area contributed by atoms with E-state index in [-0.39, 0.29) is 16.6 Å². The lowest BCUT2D eigenvalue weighted by atomic mass is 10.1. The SMILES string of the molecule is NS(=O)(=O)c1ccc(CCNC(=O)c2ccc3c(c2)NC(=O)C(=Cc2ccccc2Cl)O3)cc1. The summed E-state index contributed by atoms with van der Waals surface area (Å²) in [6.45, 7) is 0.332. The summed E-state index contributed by atoms with van der Waals surface area (Å²) in [5, 5.41) is 11.1. The lowest BCUT2D eigenvalue weighted by Gasteiger charge is -2.20. The molecule has 0 fully saturated rings. The molecule has 0 saturated carbocycles. The van der Waals surface area contributed by atoms with Gasteiger partial charge >= 0.3 is 0 Å². The maximum Gasteiger partial charge on any atom is 0.291 e. The van der Waals surface area contributed by atoms with Crippen LogP contribution >= 0.6 is 11.6 Å². The van der Waals surface area contributed by atoms with E-state index in [9.17, 15) is 18.0 Å². The van der Waals surface area contributed by atoms with Crippen molar-refractivity contribution in [3.8, 4) is 5.75 Å². The number of hydrogen-bond acceptors (Lipinski definition) is 5. The number of carbonyl (C=O) groups excluding carboxylic acids is 2. The number of sulfonamides is 1. The molecule has 0 aliphatic carbocycles. The zero-order valence-corrected chi connectivity index (χ0v) is 19.3. The molecule has 1 heterocycles. The van der Waals surface area contributed by atoms with Crippen molar-refractivity contribution in [2.75, 3.05) is 11.9 Å². The molecule has 1 aliphatic heterocycles. The Morgan fingerprint density at radius 1 is 1.09 bits per heavy atom. The van der Waals surface area contributed by atoms with Crippen LogP contribution in [0.5, 0.6) is 5.75 Å². The highest BCUT2D eigenvalue weighted by Crippen LogP contribution is 2.33. The van der Waals surface area contributed by atoms with Crippen LogP contribution in [0.2, 0.25) is 5.02 Å². The lowest BCUT2D eigenvalue weighted by molar-refractivity contribution is -0.115. The number of hydrogen-bond donors (Lipinski definition) is 3. The Hall–Kier alpha value is -3.66. The number of rotatable bonds is 6. The van der Waals surface area contributed by atoms with Crippen molar-refractivity contribution >= 4 is 45.2 Å². The minimum Gasteiger partial charge on any atom is -0.449 e. The van der Waals surface area contributed by atoms with Crippen LogP contribution in [0.3, 0.4) is 0 Å². The molecule has 0 spiro atoms. The molecule has 0 atom stereocenters. The second-order valence-corrected chi connectivity index (χ2v) is 9.46. The summed E-state index contributed by atoms with van der Waals surface area (Å²) in [6, 6.07) is 18.0.